The Bertz CT molecular complexity index is 1190. The Hall–Kier alpha value is -3.78. The number of benzene rings is 2. The highest BCUT2D eigenvalue weighted by molar-refractivity contribution is 7.11. The molecule has 31 heavy (non-hydrogen) atoms. The van der Waals surface area contributed by atoms with Gasteiger partial charge in [-0.2, -0.15) is 5.10 Å². The van der Waals surface area contributed by atoms with E-state index in [0.717, 1.165) is 22.6 Å². The summed E-state index contributed by atoms with van der Waals surface area (Å²) in [5, 5.41) is 6.52. The normalized spacial score (nSPS) is 10.6. The van der Waals surface area contributed by atoms with Crippen molar-refractivity contribution < 1.29 is 19.1 Å². The zero-order valence-electron chi connectivity index (χ0n) is 16.7. The number of ether oxygens (including phenoxy) is 2. The van der Waals surface area contributed by atoms with Gasteiger partial charge in [0.15, 0.2) is 0 Å². The molecule has 2 aromatic carbocycles. The number of thiazole rings is 1. The lowest BCUT2D eigenvalue weighted by Gasteiger charge is -2.03. The Labute approximate surface area is 182 Å². The summed E-state index contributed by atoms with van der Waals surface area (Å²) < 4.78 is 12.1. The molecule has 7 nitrogen and oxygen atoms in total. The second-order valence-electron chi connectivity index (χ2n) is 6.48. The molecule has 2 heterocycles. The van der Waals surface area contributed by atoms with Gasteiger partial charge in [-0.25, -0.2) is 19.3 Å². The molecule has 0 atom stereocenters. The van der Waals surface area contributed by atoms with Crippen LogP contribution in [0.4, 0.5) is 0 Å². The van der Waals surface area contributed by atoms with Crippen LogP contribution in [0.3, 0.4) is 0 Å². The number of nitrogens with zero attached hydrogens (tertiary/aromatic N) is 3. The van der Waals surface area contributed by atoms with Crippen LogP contribution in [0.2, 0.25) is 0 Å². The summed E-state index contributed by atoms with van der Waals surface area (Å²) in [7, 11) is 0. The lowest BCUT2D eigenvalue weighted by atomic mass is 10.1. The highest BCUT2D eigenvalue weighted by Crippen LogP contribution is 2.25. The molecule has 2 aromatic heterocycles. The van der Waals surface area contributed by atoms with Gasteiger partial charge in [-0.15, -0.1) is 11.3 Å². The molecule has 0 saturated carbocycles. The first-order valence-corrected chi connectivity index (χ1v) is 10.5. The Morgan fingerprint density at radius 1 is 0.968 bits per heavy atom. The molecule has 4 rings (SSSR count). The number of rotatable bonds is 7. The molecular weight excluding hydrogens is 414 g/mol. The van der Waals surface area contributed by atoms with E-state index in [0.29, 0.717) is 17.0 Å². The van der Waals surface area contributed by atoms with Crippen molar-refractivity contribution in [1.29, 1.82) is 0 Å². The average molecular weight is 433 g/mol. The first kappa shape index (κ1) is 20.5. The molecule has 0 radical (unpaired) electrons. The maximum Gasteiger partial charge on any atom is 0.367 e. The third kappa shape index (κ3) is 4.70. The molecule has 0 aliphatic heterocycles. The first-order chi connectivity index (χ1) is 15.2. The molecule has 0 bridgehead atoms. The predicted octanol–water partition coefficient (Wildman–Crippen LogP) is 4.53. The largest absolute Gasteiger partial charge is 0.461 e. The second-order valence-corrected chi connectivity index (χ2v) is 7.34. The Morgan fingerprint density at radius 3 is 2.39 bits per heavy atom. The number of carbonyl (C=O) groups excluding carboxylic acids is 2. The summed E-state index contributed by atoms with van der Waals surface area (Å²) in [6, 6.07) is 19.0. The van der Waals surface area contributed by atoms with E-state index in [-0.39, 0.29) is 18.2 Å². The maximum atomic E-state index is 12.9. The highest BCUT2D eigenvalue weighted by Gasteiger charge is 2.21. The van der Waals surface area contributed by atoms with E-state index in [1.54, 1.807) is 23.2 Å². The van der Waals surface area contributed by atoms with Gasteiger partial charge in [0, 0.05) is 17.1 Å². The quantitative estimate of drug-likeness (QED) is 0.398. The van der Waals surface area contributed by atoms with Crippen molar-refractivity contribution in [3.63, 3.8) is 0 Å². The molecule has 0 aliphatic rings. The molecule has 0 amide bonds. The minimum Gasteiger partial charge on any atom is -0.461 e. The van der Waals surface area contributed by atoms with Crippen molar-refractivity contribution in [2.24, 2.45) is 0 Å². The van der Waals surface area contributed by atoms with Gasteiger partial charge < -0.3 is 9.47 Å². The fourth-order valence-corrected chi connectivity index (χ4v) is 3.62. The summed E-state index contributed by atoms with van der Waals surface area (Å²) >= 11 is 1.15. The molecular formula is C23H19N3O4S. The van der Waals surface area contributed by atoms with Crippen LogP contribution in [-0.4, -0.2) is 33.3 Å². The number of hydrogen-bond acceptors (Lipinski definition) is 7. The topological polar surface area (TPSA) is 83.3 Å². The minimum atomic E-state index is -0.522. The number of aromatic nitrogens is 3. The third-order valence-corrected chi connectivity index (χ3v) is 5.23. The van der Waals surface area contributed by atoms with E-state index in [1.807, 2.05) is 60.7 Å². The number of esters is 2. The van der Waals surface area contributed by atoms with Gasteiger partial charge in [-0.05, 0) is 19.1 Å². The molecule has 8 heteroatoms. The van der Waals surface area contributed by atoms with Gasteiger partial charge in [-0.1, -0.05) is 48.5 Å². The van der Waals surface area contributed by atoms with Crippen molar-refractivity contribution >= 4 is 23.3 Å². The Morgan fingerprint density at radius 2 is 1.68 bits per heavy atom. The predicted molar refractivity (Wildman–Crippen MR) is 116 cm³/mol. The van der Waals surface area contributed by atoms with Gasteiger partial charge in [0.1, 0.15) is 17.9 Å². The maximum absolute atomic E-state index is 12.9. The Kier molecular flexibility index (Phi) is 6.18. The van der Waals surface area contributed by atoms with Crippen molar-refractivity contribution in [3.8, 4) is 16.9 Å². The number of carbonyl (C=O) groups is 2. The van der Waals surface area contributed by atoms with E-state index in [2.05, 4.69) is 10.1 Å². The summed E-state index contributed by atoms with van der Waals surface area (Å²) in [6.07, 6.45) is 1.66. The molecule has 0 N–H and O–H groups in total. The summed E-state index contributed by atoms with van der Waals surface area (Å²) in [6.45, 7) is 1.95. The van der Waals surface area contributed by atoms with Crippen LogP contribution in [-0.2, 0) is 16.1 Å². The summed E-state index contributed by atoms with van der Waals surface area (Å²) in [4.78, 5) is 28.8. The van der Waals surface area contributed by atoms with Gasteiger partial charge in [0.2, 0.25) is 5.01 Å². The molecule has 0 saturated heterocycles. The second kappa shape index (κ2) is 9.36. The monoisotopic (exact) mass is 433 g/mol. The summed E-state index contributed by atoms with van der Waals surface area (Å²) in [5.74, 6) is -1.01. The van der Waals surface area contributed by atoms with Crippen LogP contribution in [0.15, 0.2) is 72.2 Å². The van der Waals surface area contributed by atoms with Crippen LogP contribution < -0.4 is 0 Å². The number of hydrogen-bond donors (Lipinski definition) is 0. The molecule has 0 aliphatic carbocycles. The third-order valence-electron chi connectivity index (χ3n) is 4.36. The van der Waals surface area contributed by atoms with E-state index in [9.17, 15) is 9.59 Å². The van der Waals surface area contributed by atoms with Crippen molar-refractivity contribution in [2.45, 2.75) is 13.5 Å². The van der Waals surface area contributed by atoms with Gasteiger partial charge in [0.05, 0.1) is 18.0 Å². The molecule has 4 aromatic rings. The van der Waals surface area contributed by atoms with Crippen LogP contribution >= 0.6 is 11.3 Å². The molecule has 0 unspecified atom stereocenters. The lowest BCUT2D eigenvalue weighted by molar-refractivity contribution is 0.0469. The lowest BCUT2D eigenvalue weighted by Crippen LogP contribution is -2.07. The van der Waals surface area contributed by atoms with Crippen LogP contribution in [0.25, 0.3) is 16.9 Å². The molecule has 156 valence electrons. The van der Waals surface area contributed by atoms with Crippen LogP contribution in [0, 0.1) is 0 Å². The van der Waals surface area contributed by atoms with Gasteiger partial charge in [0.25, 0.3) is 0 Å². The van der Waals surface area contributed by atoms with Crippen molar-refractivity contribution in [1.82, 2.24) is 14.8 Å². The smallest absolute Gasteiger partial charge is 0.367 e. The van der Waals surface area contributed by atoms with E-state index < -0.39 is 11.9 Å². The van der Waals surface area contributed by atoms with Crippen molar-refractivity contribution in [2.75, 3.05) is 6.61 Å². The Balaban J connectivity index is 1.57. The minimum absolute atomic E-state index is 0.0561. The van der Waals surface area contributed by atoms with Gasteiger partial charge in [-0.3, -0.25) is 0 Å². The van der Waals surface area contributed by atoms with Crippen LogP contribution in [0.5, 0.6) is 0 Å². The van der Waals surface area contributed by atoms with Gasteiger partial charge >= 0.3 is 11.9 Å². The standard InChI is InChI=1S/C23H19N3O4S/c1-2-29-23(28)21-24-17(15-31-21)14-30-22(27)19-13-26(18-11-7-4-8-12-18)25-20(19)16-9-5-3-6-10-16/h3-13,15H,2,14H2,1H3. The molecule has 0 spiro atoms. The average Bonchev–Trinajstić information content (AvgIpc) is 3.47. The SMILES string of the molecule is CCOC(=O)c1nc(COC(=O)c2cn(-c3ccccc3)nc2-c2ccccc2)cs1. The van der Waals surface area contributed by atoms with E-state index in [1.165, 1.54) is 0 Å². The highest BCUT2D eigenvalue weighted by atomic mass is 32.1. The number of para-hydroxylation sites is 1. The zero-order valence-corrected chi connectivity index (χ0v) is 17.5. The van der Waals surface area contributed by atoms with E-state index >= 15 is 0 Å². The van der Waals surface area contributed by atoms with Crippen molar-refractivity contribution in [3.05, 3.63) is 88.5 Å². The molecule has 0 fully saturated rings. The fourth-order valence-electron chi connectivity index (χ4n) is 2.92. The fraction of sp³-hybridized carbons (Fsp3) is 0.130. The zero-order chi connectivity index (χ0) is 21.6. The van der Waals surface area contributed by atoms with E-state index in [4.69, 9.17) is 9.47 Å². The summed E-state index contributed by atoms with van der Waals surface area (Å²) in [5.41, 5.74) is 2.99. The first-order valence-electron chi connectivity index (χ1n) is 9.65. The van der Waals surface area contributed by atoms with Crippen LogP contribution in [0.1, 0.15) is 32.8 Å².